The first-order valence-corrected chi connectivity index (χ1v) is 7.06. The molecule has 18 heavy (non-hydrogen) atoms. The maximum atomic E-state index is 10.7. The first-order valence-electron chi connectivity index (χ1n) is 5.45. The summed E-state index contributed by atoms with van der Waals surface area (Å²) in [4.78, 5) is 1.52. The van der Waals surface area contributed by atoms with Crippen LogP contribution < -0.4 is 0 Å². The topological polar surface area (TPSA) is 77.8 Å². The van der Waals surface area contributed by atoms with Crippen LogP contribution >= 0.6 is 0 Å². The molecule has 0 aliphatic carbocycles. The van der Waals surface area contributed by atoms with Crippen LogP contribution in [0.3, 0.4) is 0 Å². The van der Waals surface area contributed by atoms with Crippen molar-refractivity contribution in [2.75, 3.05) is 19.0 Å². The molecule has 6 heteroatoms. The molecule has 0 unspecified atom stereocenters. The van der Waals surface area contributed by atoms with Gasteiger partial charge >= 0.3 is 0 Å². The molecule has 5 nitrogen and oxygen atoms in total. The Morgan fingerprint density at radius 2 is 2.00 bits per heavy atom. The molecule has 0 amide bonds. The Kier molecular flexibility index (Phi) is 5.49. The summed E-state index contributed by atoms with van der Waals surface area (Å²) in [5, 5.41) is 9.17. The molecule has 0 radical (unpaired) electrons. The molecular weight excluding hydrogens is 254 g/mol. The van der Waals surface area contributed by atoms with E-state index in [1.165, 1.54) is 4.90 Å². The molecule has 0 saturated carbocycles. The summed E-state index contributed by atoms with van der Waals surface area (Å²) in [5.41, 5.74) is 1.87. The number of hydrogen-bond acceptors (Lipinski definition) is 4. The van der Waals surface area contributed by atoms with E-state index in [4.69, 9.17) is 4.55 Å². The largest absolute Gasteiger partial charge is 0.381 e. The fraction of sp³-hybridized carbons (Fsp3) is 0.333. The van der Waals surface area contributed by atoms with Gasteiger partial charge in [-0.1, -0.05) is 36.9 Å². The summed E-state index contributed by atoms with van der Waals surface area (Å²) in [6.07, 6.45) is 1.70. The molecule has 2 N–H and O–H groups in total. The van der Waals surface area contributed by atoms with Crippen LogP contribution in [0.1, 0.15) is 11.1 Å². The predicted molar refractivity (Wildman–Crippen MR) is 70.4 cm³/mol. The van der Waals surface area contributed by atoms with Gasteiger partial charge in [-0.05, 0) is 11.1 Å². The smallest absolute Gasteiger partial charge is 0.266 e. The van der Waals surface area contributed by atoms with Crippen LogP contribution in [-0.4, -0.2) is 42.0 Å². The minimum absolute atomic E-state index is 0.0702. The van der Waals surface area contributed by atoms with Gasteiger partial charge in [-0.15, -0.1) is 0 Å². The standard InChI is InChI=1S/C12H17NO4S/c1-2-11-5-3-4-6-12(11)9-13(10-14)7-8-18(15,16)17/h2-6,14H,1,7-10H2,(H,15,16,17). The van der Waals surface area contributed by atoms with Gasteiger partial charge < -0.3 is 5.11 Å². The Morgan fingerprint density at radius 1 is 1.33 bits per heavy atom. The second kappa shape index (κ2) is 6.65. The quantitative estimate of drug-likeness (QED) is 0.571. The van der Waals surface area contributed by atoms with E-state index in [2.05, 4.69) is 6.58 Å². The van der Waals surface area contributed by atoms with Gasteiger partial charge in [0, 0.05) is 13.1 Å². The summed E-state index contributed by atoms with van der Waals surface area (Å²) < 4.78 is 30.0. The molecule has 0 aromatic heterocycles. The van der Waals surface area contributed by atoms with Crippen LogP contribution in [0.5, 0.6) is 0 Å². The zero-order valence-corrected chi connectivity index (χ0v) is 10.8. The molecule has 0 fully saturated rings. The molecule has 0 saturated heterocycles. The molecule has 0 aliphatic heterocycles. The SMILES string of the molecule is C=Cc1ccccc1CN(CO)CCS(=O)(=O)O. The summed E-state index contributed by atoms with van der Waals surface area (Å²) in [6.45, 7) is 3.88. The fourth-order valence-electron chi connectivity index (χ4n) is 1.56. The van der Waals surface area contributed by atoms with Gasteiger partial charge in [0.25, 0.3) is 10.1 Å². The fourth-order valence-corrected chi connectivity index (χ4v) is 2.05. The number of aliphatic hydroxyl groups is 1. The maximum absolute atomic E-state index is 10.7. The highest BCUT2D eigenvalue weighted by atomic mass is 32.2. The zero-order chi connectivity index (χ0) is 13.6. The number of rotatable bonds is 7. The Labute approximate surface area is 107 Å². The molecule has 0 bridgehead atoms. The van der Waals surface area contributed by atoms with Crippen molar-refractivity contribution in [1.29, 1.82) is 0 Å². The van der Waals surface area contributed by atoms with E-state index in [0.29, 0.717) is 6.54 Å². The van der Waals surface area contributed by atoms with Crippen molar-refractivity contribution in [3.63, 3.8) is 0 Å². The number of nitrogens with zero attached hydrogens (tertiary/aromatic N) is 1. The van der Waals surface area contributed by atoms with Crippen molar-refractivity contribution >= 4 is 16.2 Å². The van der Waals surface area contributed by atoms with Crippen molar-refractivity contribution in [2.24, 2.45) is 0 Å². The third-order valence-electron chi connectivity index (χ3n) is 2.53. The lowest BCUT2D eigenvalue weighted by molar-refractivity contribution is 0.106. The van der Waals surface area contributed by atoms with Crippen molar-refractivity contribution in [3.05, 3.63) is 42.0 Å². The van der Waals surface area contributed by atoms with Gasteiger partial charge in [0.2, 0.25) is 0 Å². The normalized spacial score (nSPS) is 11.7. The van der Waals surface area contributed by atoms with Crippen molar-refractivity contribution in [3.8, 4) is 0 Å². The summed E-state index contributed by atoms with van der Waals surface area (Å²) in [6, 6.07) is 7.51. The molecule has 1 aromatic rings. The highest BCUT2D eigenvalue weighted by Crippen LogP contribution is 2.12. The maximum Gasteiger partial charge on any atom is 0.266 e. The lowest BCUT2D eigenvalue weighted by atomic mass is 10.1. The monoisotopic (exact) mass is 271 g/mol. The van der Waals surface area contributed by atoms with Gasteiger partial charge in [0.05, 0.1) is 12.5 Å². The minimum Gasteiger partial charge on any atom is -0.381 e. The van der Waals surface area contributed by atoms with Crippen LogP contribution in [0.15, 0.2) is 30.8 Å². The van der Waals surface area contributed by atoms with Crippen molar-refractivity contribution in [2.45, 2.75) is 6.54 Å². The summed E-state index contributed by atoms with van der Waals surface area (Å²) in [7, 11) is -4.01. The minimum atomic E-state index is -4.01. The second-order valence-electron chi connectivity index (χ2n) is 3.88. The summed E-state index contributed by atoms with van der Waals surface area (Å²) in [5.74, 6) is -0.399. The Balaban J connectivity index is 2.70. The Hall–Kier alpha value is -1.21. The van der Waals surface area contributed by atoms with Crippen molar-refractivity contribution in [1.82, 2.24) is 4.90 Å². The number of benzene rings is 1. The average molecular weight is 271 g/mol. The Morgan fingerprint density at radius 3 is 2.56 bits per heavy atom. The highest BCUT2D eigenvalue weighted by molar-refractivity contribution is 7.85. The van der Waals surface area contributed by atoms with E-state index in [-0.39, 0.29) is 13.3 Å². The van der Waals surface area contributed by atoms with E-state index in [0.717, 1.165) is 11.1 Å². The lowest BCUT2D eigenvalue weighted by Gasteiger charge is -2.19. The van der Waals surface area contributed by atoms with Gasteiger partial charge in [-0.3, -0.25) is 9.45 Å². The van der Waals surface area contributed by atoms with E-state index in [9.17, 15) is 13.5 Å². The van der Waals surface area contributed by atoms with Crippen molar-refractivity contribution < 1.29 is 18.1 Å². The Bertz CT molecular complexity index is 499. The number of aliphatic hydroxyl groups excluding tert-OH is 1. The molecule has 0 heterocycles. The number of hydrogen-bond donors (Lipinski definition) is 2. The molecular formula is C12H17NO4S. The molecule has 0 atom stereocenters. The van der Waals surface area contributed by atoms with Crippen LogP contribution in [0.25, 0.3) is 6.08 Å². The highest BCUT2D eigenvalue weighted by Gasteiger charge is 2.11. The van der Waals surface area contributed by atoms with E-state index < -0.39 is 15.9 Å². The molecule has 1 aromatic carbocycles. The van der Waals surface area contributed by atoms with Crippen LogP contribution in [0.4, 0.5) is 0 Å². The van der Waals surface area contributed by atoms with E-state index in [1.807, 2.05) is 24.3 Å². The average Bonchev–Trinajstić information content (AvgIpc) is 2.33. The second-order valence-corrected chi connectivity index (χ2v) is 5.46. The third kappa shape index (κ3) is 4.97. The summed E-state index contributed by atoms with van der Waals surface area (Å²) >= 11 is 0. The third-order valence-corrected chi connectivity index (χ3v) is 3.23. The zero-order valence-electron chi connectivity index (χ0n) is 9.99. The van der Waals surface area contributed by atoms with E-state index in [1.54, 1.807) is 6.08 Å². The molecule has 1 rings (SSSR count). The molecule has 100 valence electrons. The van der Waals surface area contributed by atoms with Gasteiger partial charge in [-0.2, -0.15) is 8.42 Å². The van der Waals surface area contributed by atoms with Gasteiger partial charge in [0.1, 0.15) is 0 Å². The first kappa shape index (κ1) is 14.8. The van der Waals surface area contributed by atoms with Crippen LogP contribution in [-0.2, 0) is 16.7 Å². The van der Waals surface area contributed by atoms with E-state index >= 15 is 0 Å². The first-order chi connectivity index (χ1) is 8.46. The van der Waals surface area contributed by atoms with Crippen LogP contribution in [0.2, 0.25) is 0 Å². The molecule has 0 aliphatic rings. The van der Waals surface area contributed by atoms with Gasteiger partial charge in [-0.25, -0.2) is 0 Å². The lowest BCUT2D eigenvalue weighted by Crippen LogP contribution is -2.30. The predicted octanol–water partition coefficient (Wildman–Crippen LogP) is 0.969. The molecule has 0 spiro atoms. The van der Waals surface area contributed by atoms with Crippen LogP contribution in [0, 0.1) is 0 Å². The van der Waals surface area contributed by atoms with Gasteiger partial charge in [0.15, 0.2) is 0 Å².